The van der Waals surface area contributed by atoms with Gasteiger partial charge in [0.05, 0.1) is 11.5 Å². The fraction of sp³-hybridized carbons (Fsp3) is 0.917. The van der Waals surface area contributed by atoms with Crippen LogP contribution in [0, 0.1) is 5.92 Å². The Morgan fingerprint density at radius 1 is 1.33 bits per heavy atom. The summed E-state index contributed by atoms with van der Waals surface area (Å²) in [4.78, 5) is 14.2. The van der Waals surface area contributed by atoms with E-state index in [-0.39, 0.29) is 23.5 Å². The number of sulfone groups is 1. The van der Waals surface area contributed by atoms with Crippen LogP contribution in [0.5, 0.6) is 0 Å². The van der Waals surface area contributed by atoms with Gasteiger partial charge in [-0.3, -0.25) is 4.79 Å². The maximum atomic E-state index is 12.2. The van der Waals surface area contributed by atoms with Crippen molar-refractivity contribution in [3.63, 3.8) is 0 Å². The first-order valence-electron chi connectivity index (χ1n) is 6.77. The van der Waals surface area contributed by atoms with E-state index in [2.05, 4.69) is 5.32 Å². The van der Waals surface area contributed by atoms with Crippen molar-refractivity contribution in [3.05, 3.63) is 0 Å². The first-order chi connectivity index (χ1) is 8.53. The standard InChI is InChI=1S/C12H20N2O3S/c15-12(14-7-9-1-2-11(14)5-9)6-10-8-18(16,17)4-3-13-10/h9-11,13H,1-8H2. The number of nitrogens with zero attached hydrogens (tertiary/aromatic N) is 1. The third-order valence-electron chi connectivity index (χ3n) is 4.45. The third kappa shape index (κ3) is 2.40. The van der Waals surface area contributed by atoms with Crippen molar-refractivity contribution in [1.82, 2.24) is 10.2 Å². The maximum absolute atomic E-state index is 12.2. The summed E-state index contributed by atoms with van der Waals surface area (Å²) in [6, 6.07) is 0.248. The van der Waals surface area contributed by atoms with E-state index < -0.39 is 9.84 Å². The van der Waals surface area contributed by atoms with Gasteiger partial charge in [0.15, 0.2) is 9.84 Å². The molecule has 3 rings (SSSR count). The van der Waals surface area contributed by atoms with Crippen molar-refractivity contribution >= 4 is 15.7 Å². The summed E-state index contributed by atoms with van der Waals surface area (Å²) in [5, 5.41) is 3.15. The zero-order valence-corrected chi connectivity index (χ0v) is 11.3. The molecule has 6 heteroatoms. The van der Waals surface area contributed by atoms with Gasteiger partial charge in [0.2, 0.25) is 5.91 Å². The van der Waals surface area contributed by atoms with E-state index in [4.69, 9.17) is 0 Å². The van der Waals surface area contributed by atoms with Gasteiger partial charge in [-0.1, -0.05) is 0 Å². The molecule has 5 nitrogen and oxygen atoms in total. The number of carbonyl (C=O) groups is 1. The second-order valence-electron chi connectivity index (χ2n) is 5.85. The van der Waals surface area contributed by atoms with Crippen molar-refractivity contribution in [2.24, 2.45) is 5.92 Å². The monoisotopic (exact) mass is 272 g/mol. The van der Waals surface area contributed by atoms with Gasteiger partial charge >= 0.3 is 0 Å². The lowest BCUT2D eigenvalue weighted by atomic mass is 10.1. The normalized spacial score (nSPS) is 38.0. The maximum Gasteiger partial charge on any atom is 0.224 e. The Kier molecular flexibility index (Phi) is 3.10. The highest BCUT2D eigenvalue weighted by molar-refractivity contribution is 7.91. The van der Waals surface area contributed by atoms with Gasteiger partial charge in [-0.25, -0.2) is 8.42 Å². The number of carbonyl (C=O) groups excluding carboxylic acids is 1. The SMILES string of the molecule is O=C(CC1CS(=O)(=O)CCN1)N1CC2CCC1C2. The Morgan fingerprint density at radius 2 is 2.17 bits per heavy atom. The molecule has 2 aliphatic heterocycles. The minimum absolute atomic E-state index is 0.112. The Bertz CT molecular complexity index is 448. The van der Waals surface area contributed by atoms with Crippen molar-refractivity contribution < 1.29 is 13.2 Å². The molecule has 1 aliphatic carbocycles. The molecule has 2 bridgehead atoms. The average molecular weight is 272 g/mol. The molecule has 1 N–H and O–H groups in total. The van der Waals surface area contributed by atoms with E-state index in [1.54, 1.807) is 0 Å². The highest BCUT2D eigenvalue weighted by Crippen LogP contribution is 2.37. The molecule has 3 atom stereocenters. The lowest BCUT2D eigenvalue weighted by molar-refractivity contribution is -0.133. The molecular formula is C12H20N2O3S. The summed E-state index contributed by atoms with van der Waals surface area (Å²) in [6.07, 6.45) is 3.88. The number of rotatable bonds is 2. The van der Waals surface area contributed by atoms with Crippen molar-refractivity contribution in [3.8, 4) is 0 Å². The third-order valence-corrected chi connectivity index (χ3v) is 6.19. The van der Waals surface area contributed by atoms with E-state index in [9.17, 15) is 13.2 Å². The number of hydrogen-bond donors (Lipinski definition) is 1. The Morgan fingerprint density at radius 3 is 2.78 bits per heavy atom. The van der Waals surface area contributed by atoms with Gasteiger partial charge < -0.3 is 10.2 Å². The van der Waals surface area contributed by atoms with Crippen molar-refractivity contribution in [1.29, 1.82) is 0 Å². The van der Waals surface area contributed by atoms with E-state index in [1.807, 2.05) is 4.90 Å². The number of nitrogens with one attached hydrogen (secondary N) is 1. The molecule has 3 fully saturated rings. The Hall–Kier alpha value is -0.620. The van der Waals surface area contributed by atoms with Gasteiger partial charge in [-0.2, -0.15) is 0 Å². The predicted molar refractivity (Wildman–Crippen MR) is 67.9 cm³/mol. The first kappa shape index (κ1) is 12.4. The molecule has 0 aromatic rings. The van der Waals surface area contributed by atoms with Crippen LogP contribution in [0.3, 0.4) is 0 Å². The van der Waals surface area contributed by atoms with E-state index in [0.29, 0.717) is 24.9 Å². The molecule has 2 saturated heterocycles. The topological polar surface area (TPSA) is 66.5 Å². The summed E-state index contributed by atoms with van der Waals surface area (Å²) in [5.41, 5.74) is 0. The van der Waals surface area contributed by atoms with Crippen LogP contribution in [-0.4, -0.2) is 55.9 Å². The number of likely N-dealkylation sites (tertiary alicyclic amines) is 1. The largest absolute Gasteiger partial charge is 0.339 e. The highest BCUT2D eigenvalue weighted by Gasteiger charge is 2.40. The molecule has 1 amide bonds. The number of hydrogen-bond acceptors (Lipinski definition) is 4. The molecule has 0 aromatic heterocycles. The quantitative estimate of drug-likeness (QED) is 0.754. The average Bonchev–Trinajstić information content (AvgIpc) is 2.89. The zero-order valence-electron chi connectivity index (χ0n) is 10.5. The van der Waals surface area contributed by atoms with Crippen LogP contribution in [0.25, 0.3) is 0 Å². The first-order valence-corrected chi connectivity index (χ1v) is 8.59. The Labute approximate surface area is 108 Å². The fourth-order valence-corrected chi connectivity index (χ4v) is 5.00. The molecule has 0 radical (unpaired) electrons. The summed E-state index contributed by atoms with van der Waals surface area (Å²) in [7, 11) is -2.94. The van der Waals surface area contributed by atoms with Crippen LogP contribution < -0.4 is 5.32 Å². The van der Waals surface area contributed by atoms with E-state index >= 15 is 0 Å². The smallest absolute Gasteiger partial charge is 0.224 e. The number of piperidine rings is 1. The predicted octanol–water partition coefficient (Wildman–Crippen LogP) is -0.226. The molecule has 2 heterocycles. The van der Waals surface area contributed by atoms with Gasteiger partial charge in [0.1, 0.15) is 0 Å². The van der Waals surface area contributed by atoms with Crippen LogP contribution in [0.1, 0.15) is 25.7 Å². The van der Waals surface area contributed by atoms with Gasteiger partial charge in [0.25, 0.3) is 0 Å². The van der Waals surface area contributed by atoms with Crippen LogP contribution >= 0.6 is 0 Å². The molecular weight excluding hydrogens is 252 g/mol. The van der Waals surface area contributed by atoms with Crippen LogP contribution in [0.2, 0.25) is 0 Å². The van der Waals surface area contributed by atoms with E-state index in [1.165, 1.54) is 6.42 Å². The van der Waals surface area contributed by atoms with Crippen LogP contribution in [0.4, 0.5) is 0 Å². The molecule has 0 aromatic carbocycles. The number of amides is 1. The molecule has 3 unspecified atom stereocenters. The molecule has 102 valence electrons. The summed E-state index contributed by atoms with van der Waals surface area (Å²) in [6.45, 7) is 1.37. The van der Waals surface area contributed by atoms with Crippen LogP contribution in [-0.2, 0) is 14.6 Å². The Balaban J connectivity index is 1.58. The van der Waals surface area contributed by atoms with E-state index in [0.717, 1.165) is 19.4 Å². The van der Waals surface area contributed by atoms with Gasteiger partial charge in [0, 0.05) is 31.6 Å². The lowest BCUT2D eigenvalue weighted by Gasteiger charge is -2.30. The van der Waals surface area contributed by atoms with Crippen molar-refractivity contribution in [2.75, 3.05) is 24.6 Å². The molecule has 18 heavy (non-hydrogen) atoms. The zero-order chi connectivity index (χ0) is 12.8. The minimum Gasteiger partial charge on any atom is -0.339 e. The molecule has 1 saturated carbocycles. The summed E-state index contributed by atoms with van der Waals surface area (Å²) in [5.74, 6) is 1.14. The second kappa shape index (κ2) is 4.49. The number of fused-ring (bicyclic) bond motifs is 2. The van der Waals surface area contributed by atoms with Crippen LogP contribution in [0.15, 0.2) is 0 Å². The van der Waals surface area contributed by atoms with Crippen molar-refractivity contribution in [2.45, 2.75) is 37.8 Å². The highest BCUT2D eigenvalue weighted by atomic mass is 32.2. The summed E-state index contributed by atoms with van der Waals surface area (Å²) >= 11 is 0. The molecule has 3 aliphatic rings. The minimum atomic E-state index is -2.94. The second-order valence-corrected chi connectivity index (χ2v) is 8.08. The van der Waals surface area contributed by atoms with Gasteiger partial charge in [-0.15, -0.1) is 0 Å². The fourth-order valence-electron chi connectivity index (χ4n) is 3.56. The van der Waals surface area contributed by atoms with Gasteiger partial charge in [-0.05, 0) is 25.2 Å². The summed E-state index contributed by atoms with van der Waals surface area (Å²) < 4.78 is 23.1. The molecule has 0 spiro atoms. The lowest BCUT2D eigenvalue weighted by Crippen LogP contribution is -2.48.